The number of rotatable bonds is 9. The molecule has 0 aliphatic carbocycles. The van der Waals surface area contributed by atoms with Crippen LogP contribution in [0, 0.1) is 0 Å². The summed E-state index contributed by atoms with van der Waals surface area (Å²) in [4.78, 5) is 29.2. The molecule has 0 radical (unpaired) electrons. The molecule has 1 N–H and O–H groups in total. The first-order valence-electron chi connectivity index (χ1n) is 10.7. The first-order chi connectivity index (χ1) is 16.0. The predicted molar refractivity (Wildman–Crippen MR) is 125 cm³/mol. The van der Waals surface area contributed by atoms with Gasteiger partial charge in [-0.05, 0) is 48.7 Å². The summed E-state index contributed by atoms with van der Waals surface area (Å²) in [5, 5.41) is 10.5. The summed E-state index contributed by atoms with van der Waals surface area (Å²) in [5.74, 6) is -0.157. The highest BCUT2D eigenvalue weighted by Crippen LogP contribution is 2.28. The van der Waals surface area contributed by atoms with Gasteiger partial charge in [-0.25, -0.2) is 19.9 Å². The lowest BCUT2D eigenvalue weighted by Gasteiger charge is -2.16. The number of allylic oxidation sites excluding steroid dienone is 1. The Labute approximate surface area is 191 Å². The average molecular weight is 444 g/mol. The van der Waals surface area contributed by atoms with E-state index in [0.717, 1.165) is 40.8 Å². The molecule has 8 heteroatoms. The van der Waals surface area contributed by atoms with Crippen molar-refractivity contribution in [3.63, 3.8) is 0 Å². The van der Waals surface area contributed by atoms with Gasteiger partial charge in [-0.2, -0.15) is 0 Å². The highest BCUT2D eigenvalue weighted by atomic mass is 16.5. The number of carboxylic acid groups (broad SMARTS) is 1. The van der Waals surface area contributed by atoms with Crippen molar-refractivity contribution in [2.45, 2.75) is 25.2 Å². The molecule has 0 saturated carbocycles. The van der Waals surface area contributed by atoms with Crippen LogP contribution in [0.4, 0.5) is 0 Å². The third-order valence-corrected chi connectivity index (χ3v) is 5.50. The number of nitrogens with zero attached hydrogens (tertiary/aromatic N) is 5. The number of carboxylic acids is 1. The minimum absolute atomic E-state index is 0.0797. The van der Waals surface area contributed by atoms with Crippen LogP contribution in [0.25, 0.3) is 17.1 Å². The number of fused-ring (bicyclic) bond motifs is 1. The van der Waals surface area contributed by atoms with E-state index in [1.54, 1.807) is 31.8 Å². The van der Waals surface area contributed by atoms with Gasteiger partial charge in [0.2, 0.25) is 5.88 Å². The van der Waals surface area contributed by atoms with Gasteiger partial charge in [0.1, 0.15) is 5.82 Å². The van der Waals surface area contributed by atoms with Crippen LogP contribution in [0.1, 0.15) is 41.5 Å². The van der Waals surface area contributed by atoms with E-state index in [-0.39, 0.29) is 6.42 Å². The average Bonchev–Trinajstić information content (AvgIpc) is 3.20. The van der Waals surface area contributed by atoms with Crippen LogP contribution in [0.5, 0.6) is 5.88 Å². The summed E-state index contributed by atoms with van der Waals surface area (Å²) >= 11 is 0. The number of ether oxygens (including phenoxy) is 1. The van der Waals surface area contributed by atoms with Crippen LogP contribution in [-0.4, -0.2) is 42.7 Å². The van der Waals surface area contributed by atoms with E-state index < -0.39 is 11.9 Å². The van der Waals surface area contributed by atoms with Gasteiger partial charge in [-0.3, -0.25) is 4.79 Å². The zero-order valence-corrected chi connectivity index (χ0v) is 18.5. The van der Waals surface area contributed by atoms with Gasteiger partial charge < -0.3 is 14.4 Å². The van der Waals surface area contributed by atoms with Gasteiger partial charge >= 0.3 is 5.97 Å². The molecular formula is C25H25N5O3. The van der Waals surface area contributed by atoms with Crippen molar-refractivity contribution in [1.29, 1.82) is 0 Å². The molecule has 0 bridgehead atoms. The number of aryl methyl sites for hydroxylation is 1. The summed E-state index contributed by atoms with van der Waals surface area (Å²) < 4.78 is 7.03. The Kier molecular flexibility index (Phi) is 6.73. The molecule has 33 heavy (non-hydrogen) atoms. The van der Waals surface area contributed by atoms with Crippen molar-refractivity contribution in [2.24, 2.45) is 7.05 Å². The lowest BCUT2D eigenvalue weighted by atomic mass is 9.96. The lowest BCUT2D eigenvalue weighted by Crippen LogP contribution is -2.13. The monoisotopic (exact) mass is 443 g/mol. The molecule has 0 aliphatic heterocycles. The molecule has 0 fully saturated rings. The molecule has 0 saturated heterocycles. The highest BCUT2D eigenvalue weighted by Gasteiger charge is 2.23. The molecule has 4 aromatic heterocycles. The van der Waals surface area contributed by atoms with Gasteiger partial charge in [0.05, 0.1) is 31.3 Å². The summed E-state index contributed by atoms with van der Waals surface area (Å²) in [6, 6.07) is 11.5. The second-order valence-corrected chi connectivity index (χ2v) is 7.68. The zero-order valence-electron chi connectivity index (χ0n) is 18.5. The maximum absolute atomic E-state index is 11.5. The fraction of sp³-hybridized carbons (Fsp3) is 0.240. The quantitative estimate of drug-likeness (QED) is 0.417. The second kappa shape index (κ2) is 10.0. The van der Waals surface area contributed by atoms with Crippen LogP contribution in [0.2, 0.25) is 0 Å². The minimum atomic E-state index is -0.895. The SMILES string of the molecule is COc1ccc(C(CC(=O)O)c2ncc(/C=C/CCc3ccc4cccnc4n3)n2C)cn1. The Bertz CT molecular complexity index is 1280. The standard InChI is InChI=1S/C25H25N5O3/c1-30-20(8-4-3-7-19-11-9-17-6-5-13-26-24(17)29-19)16-28-25(30)21(14-23(31)32)18-10-12-22(33-2)27-15-18/h4-6,8-13,15-16,21H,3,7,14H2,1-2H3,(H,31,32)/b8-4+. The van der Waals surface area contributed by atoms with Crippen LogP contribution in [0.3, 0.4) is 0 Å². The van der Waals surface area contributed by atoms with Crippen LogP contribution >= 0.6 is 0 Å². The first kappa shape index (κ1) is 22.1. The van der Waals surface area contributed by atoms with Gasteiger partial charge in [0.15, 0.2) is 5.65 Å². The number of aliphatic carboxylic acids is 1. The van der Waals surface area contributed by atoms with E-state index in [2.05, 4.69) is 26.0 Å². The Morgan fingerprint density at radius 2 is 2.03 bits per heavy atom. The Morgan fingerprint density at radius 1 is 1.15 bits per heavy atom. The third kappa shape index (κ3) is 5.23. The molecule has 4 rings (SSSR count). The first-order valence-corrected chi connectivity index (χ1v) is 10.7. The Balaban J connectivity index is 1.47. The van der Waals surface area contributed by atoms with Gasteiger partial charge in [-0.15, -0.1) is 0 Å². The van der Waals surface area contributed by atoms with Crippen molar-refractivity contribution in [2.75, 3.05) is 7.11 Å². The lowest BCUT2D eigenvalue weighted by molar-refractivity contribution is -0.137. The molecular weight excluding hydrogens is 418 g/mol. The molecule has 1 atom stereocenters. The number of pyridine rings is 3. The smallest absolute Gasteiger partial charge is 0.304 e. The van der Waals surface area contributed by atoms with Gasteiger partial charge in [-0.1, -0.05) is 12.1 Å². The topological polar surface area (TPSA) is 103 Å². The van der Waals surface area contributed by atoms with Gasteiger partial charge in [0.25, 0.3) is 0 Å². The van der Waals surface area contributed by atoms with Crippen molar-refractivity contribution < 1.29 is 14.6 Å². The molecule has 0 spiro atoms. The van der Waals surface area contributed by atoms with Gasteiger partial charge in [0, 0.05) is 36.6 Å². The van der Waals surface area contributed by atoms with Crippen molar-refractivity contribution >= 4 is 23.1 Å². The second-order valence-electron chi connectivity index (χ2n) is 7.68. The van der Waals surface area contributed by atoms with E-state index in [1.165, 1.54) is 0 Å². The summed E-state index contributed by atoms with van der Waals surface area (Å²) in [6.45, 7) is 0. The number of hydrogen-bond acceptors (Lipinski definition) is 6. The maximum atomic E-state index is 11.5. The van der Waals surface area contributed by atoms with Crippen molar-refractivity contribution in [3.8, 4) is 5.88 Å². The number of aromatic nitrogens is 5. The number of carbonyl (C=O) groups is 1. The number of imidazole rings is 1. The molecule has 0 aromatic carbocycles. The Morgan fingerprint density at radius 3 is 2.79 bits per heavy atom. The van der Waals surface area contributed by atoms with E-state index in [4.69, 9.17) is 4.74 Å². The molecule has 168 valence electrons. The van der Waals surface area contributed by atoms with Crippen molar-refractivity contribution in [1.82, 2.24) is 24.5 Å². The normalized spacial score (nSPS) is 12.3. The van der Waals surface area contributed by atoms with E-state index in [0.29, 0.717) is 11.7 Å². The van der Waals surface area contributed by atoms with Crippen LogP contribution in [0.15, 0.2) is 61.1 Å². The van der Waals surface area contributed by atoms with Crippen molar-refractivity contribution in [3.05, 3.63) is 83.8 Å². The summed E-state index contributed by atoms with van der Waals surface area (Å²) in [5.41, 5.74) is 3.42. The van der Waals surface area contributed by atoms with E-state index in [9.17, 15) is 9.90 Å². The fourth-order valence-corrected chi connectivity index (χ4v) is 3.73. The largest absolute Gasteiger partial charge is 0.481 e. The summed E-state index contributed by atoms with van der Waals surface area (Å²) in [6.07, 6.45) is 10.8. The predicted octanol–water partition coefficient (Wildman–Crippen LogP) is 4.02. The molecule has 0 amide bonds. The third-order valence-electron chi connectivity index (χ3n) is 5.50. The minimum Gasteiger partial charge on any atom is -0.481 e. The Hall–Kier alpha value is -4.07. The van der Waals surface area contributed by atoms with Crippen LogP contribution < -0.4 is 4.74 Å². The molecule has 1 unspecified atom stereocenters. The van der Waals surface area contributed by atoms with E-state index in [1.807, 2.05) is 48.0 Å². The van der Waals surface area contributed by atoms with Crippen LogP contribution in [-0.2, 0) is 18.3 Å². The molecule has 8 nitrogen and oxygen atoms in total. The maximum Gasteiger partial charge on any atom is 0.304 e. The summed E-state index contributed by atoms with van der Waals surface area (Å²) in [7, 11) is 3.44. The molecule has 4 heterocycles. The number of methoxy groups -OCH3 is 1. The zero-order chi connectivity index (χ0) is 23.2. The molecule has 0 aliphatic rings. The number of hydrogen-bond donors (Lipinski definition) is 1. The highest BCUT2D eigenvalue weighted by molar-refractivity contribution is 5.74. The molecule has 4 aromatic rings. The van der Waals surface area contributed by atoms with E-state index >= 15 is 0 Å². The fourth-order valence-electron chi connectivity index (χ4n) is 3.73.